The zero-order valence-electron chi connectivity index (χ0n) is 9.52. The van der Waals surface area contributed by atoms with Gasteiger partial charge in [-0.15, -0.1) is 0 Å². The first-order chi connectivity index (χ1) is 7.86. The summed E-state index contributed by atoms with van der Waals surface area (Å²) in [5, 5.41) is 5.78. The topological polar surface area (TPSA) is 27.2 Å². The van der Waals surface area contributed by atoms with Crippen LogP contribution in [-0.4, -0.2) is 13.2 Å². The van der Waals surface area contributed by atoms with Gasteiger partial charge in [0.2, 0.25) is 0 Å². The molecule has 16 heavy (non-hydrogen) atoms. The van der Waals surface area contributed by atoms with E-state index in [2.05, 4.69) is 19.7 Å². The Bertz CT molecular complexity index is 231. The van der Waals surface area contributed by atoms with Gasteiger partial charge in [0, 0.05) is 0 Å². The van der Waals surface area contributed by atoms with Crippen molar-refractivity contribution < 1.29 is 9.68 Å². The number of rotatable bonds is 6. The van der Waals surface area contributed by atoms with Gasteiger partial charge < -0.3 is 0 Å². The predicted molar refractivity (Wildman–Crippen MR) is 59.8 cm³/mol. The molecule has 0 aromatic rings. The van der Waals surface area contributed by atoms with Crippen molar-refractivity contribution in [1.29, 1.82) is 0 Å². The van der Waals surface area contributed by atoms with E-state index in [0.717, 1.165) is 24.7 Å². The monoisotopic (exact) mass is 222 g/mol. The molecule has 0 aromatic carbocycles. The molecular formula is C12H18N2O2. The Morgan fingerprint density at radius 1 is 0.812 bits per heavy atom. The summed E-state index contributed by atoms with van der Waals surface area (Å²) in [7, 11) is 0. The maximum absolute atomic E-state index is 6.51. The highest BCUT2D eigenvalue weighted by atomic mass is 16.6. The Hall–Kier alpha value is -1.42. The van der Waals surface area contributed by atoms with Crippen molar-refractivity contribution in [2.45, 2.75) is 38.5 Å². The van der Waals surface area contributed by atoms with Gasteiger partial charge in [0.05, 0.1) is 0 Å². The molecule has 1 fully saturated rings. The molecule has 0 saturated heterocycles. The van der Waals surface area contributed by atoms with Gasteiger partial charge in [0.25, 0.3) is 0 Å². The molecule has 0 N–H and O–H groups in total. The van der Waals surface area contributed by atoms with Gasteiger partial charge in [0.1, 0.15) is 0 Å². The Morgan fingerprint density at radius 3 is 1.50 bits per heavy atom. The summed E-state index contributed by atoms with van der Waals surface area (Å²) in [4.78, 5) is 9.36. The first kappa shape index (κ1) is 12.6. The summed E-state index contributed by atoms with van der Waals surface area (Å²) >= 11 is 0. The van der Waals surface area contributed by atoms with Gasteiger partial charge in [-0.25, -0.2) is 0 Å². The van der Waals surface area contributed by atoms with E-state index in [9.17, 15) is 0 Å². The summed E-state index contributed by atoms with van der Waals surface area (Å²) in [6.07, 6.45) is 6.92. The van der Waals surface area contributed by atoms with E-state index in [4.69, 9.17) is 13.1 Å². The van der Waals surface area contributed by atoms with Gasteiger partial charge in [-0.1, -0.05) is 25.7 Å². The fourth-order valence-corrected chi connectivity index (χ4v) is 2.34. The second-order valence-electron chi connectivity index (χ2n) is 4.31. The van der Waals surface area contributed by atoms with Crippen molar-refractivity contribution in [3.63, 3.8) is 0 Å². The Labute approximate surface area is 97.1 Å². The first-order valence-corrected chi connectivity index (χ1v) is 5.84. The van der Waals surface area contributed by atoms with Crippen LogP contribution in [0.15, 0.2) is 0 Å². The van der Waals surface area contributed by atoms with Crippen molar-refractivity contribution in [3.8, 4) is 0 Å². The second kappa shape index (κ2) is 7.82. The predicted octanol–water partition coefficient (Wildman–Crippen LogP) is 3.27. The minimum Gasteiger partial charge on any atom is -0.199 e. The minimum absolute atomic E-state index is 0.569. The molecule has 4 nitrogen and oxygen atoms in total. The quantitative estimate of drug-likeness (QED) is 0.392. The van der Waals surface area contributed by atoms with Gasteiger partial charge in [-0.2, -0.15) is 22.8 Å². The number of hydrogen-bond acceptors (Lipinski definition) is 2. The second-order valence-corrected chi connectivity index (χ2v) is 4.31. The molecule has 0 radical (unpaired) electrons. The van der Waals surface area contributed by atoms with Crippen LogP contribution in [0.4, 0.5) is 0 Å². The smallest absolute Gasteiger partial charge is 0.174 e. The summed E-state index contributed by atoms with van der Waals surface area (Å²) in [6, 6.07) is 0. The summed E-state index contributed by atoms with van der Waals surface area (Å²) in [5.41, 5.74) is 0. The van der Waals surface area contributed by atoms with Crippen LogP contribution in [0.5, 0.6) is 0 Å². The molecule has 4 heteroatoms. The van der Waals surface area contributed by atoms with Crippen molar-refractivity contribution >= 4 is 0 Å². The number of nitrogens with zero attached hydrogens (tertiary/aromatic N) is 2. The van der Waals surface area contributed by atoms with Crippen molar-refractivity contribution in [2.24, 2.45) is 11.8 Å². The Morgan fingerprint density at radius 2 is 1.19 bits per heavy atom. The lowest BCUT2D eigenvalue weighted by Crippen LogP contribution is -2.16. The third-order valence-electron chi connectivity index (χ3n) is 3.33. The van der Waals surface area contributed by atoms with E-state index in [1.165, 1.54) is 25.7 Å². The highest BCUT2D eigenvalue weighted by Gasteiger charge is 2.21. The Balaban J connectivity index is 2.05. The molecule has 0 aliphatic heterocycles. The lowest BCUT2D eigenvalue weighted by Gasteiger charge is -2.27. The van der Waals surface area contributed by atoms with E-state index in [1.54, 1.807) is 0 Å². The van der Waals surface area contributed by atoms with Crippen LogP contribution < -0.4 is 0 Å². The van der Waals surface area contributed by atoms with Crippen molar-refractivity contribution in [3.05, 3.63) is 23.2 Å². The maximum Gasteiger partial charge on any atom is 0.174 e. The SMILES string of the molecule is [C-]#[N+]OCCC1CCC(CCO[N+]#[C-])CC1. The number of hydrogen-bond donors (Lipinski definition) is 0. The minimum atomic E-state index is 0.569. The van der Waals surface area contributed by atoms with Crippen LogP contribution in [0.2, 0.25) is 0 Å². The highest BCUT2D eigenvalue weighted by molar-refractivity contribution is 4.72. The molecule has 0 spiro atoms. The molecule has 1 aliphatic rings. The Kier molecular flexibility index (Phi) is 6.18. The third kappa shape index (κ3) is 4.89. The van der Waals surface area contributed by atoms with Crippen LogP contribution in [0.1, 0.15) is 38.5 Å². The van der Waals surface area contributed by atoms with Crippen LogP contribution >= 0.6 is 0 Å². The molecule has 0 bridgehead atoms. The third-order valence-corrected chi connectivity index (χ3v) is 3.33. The molecule has 0 aromatic heterocycles. The zero-order chi connectivity index (χ0) is 11.6. The largest absolute Gasteiger partial charge is 0.199 e. The standard InChI is InChI=1S/C12H18N2O2/c1-13-15-9-7-11-3-5-12(6-4-11)8-10-16-14-2/h11-12H,3-10H2. The normalized spacial score (nSPS) is 24.1. The molecule has 1 aliphatic carbocycles. The van der Waals surface area contributed by atoms with Gasteiger partial charge in [-0.3, -0.25) is 0 Å². The van der Waals surface area contributed by atoms with E-state index >= 15 is 0 Å². The van der Waals surface area contributed by atoms with Gasteiger partial charge in [-0.05, 0) is 34.7 Å². The zero-order valence-corrected chi connectivity index (χ0v) is 9.52. The first-order valence-electron chi connectivity index (χ1n) is 5.84. The molecule has 1 saturated carbocycles. The van der Waals surface area contributed by atoms with E-state index in [0.29, 0.717) is 13.2 Å². The van der Waals surface area contributed by atoms with Crippen molar-refractivity contribution in [2.75, 3.05) is 13.2 Å². The van der Waals surface area contributed by atoms with Crippen LogP contribution in [0.3, 0.4) is 0 Å². The molecule has 1 rings (SSSR count). The lowest BCUT2D eigenvalue weighted by atomic mass is 9.79. The molecular weight excluding hydrogens is 204 g/mol. The maximum atomic E-state index is 6.51. The molecule has 88 valence electrons. The van der Waals surface area contributed by atoms with E-state index in [-0.39, 0.29) is 0 Å². The van der Waals surface area contributed by atoms with Gasteiger partial charge >= 0.3 is 0 Å². The fourth-order valence-electron chi connectivity index (χ4n) is 2.34. The molecule has 0 heterocycles. The van der Waals surface area contributed by atoms with Crippen molar-refractivity contribution in [1.82, 2.24) is 0 Å². The average Bonchev–Trinajstić information content (AvgIpc) is 2.32. The average molecular weight is 222 g/mol. The van der Waals surface area contributed by atoms with Gasteiger partial charge in [0.15, 0.2) is 13.2 Å². The highest BCUT2D eigenvalue weighted by Crippen LogP contribution is 2.32. The van der Waals surface area contributed by atoms with Crippen LogP contribution in [-0.2, 0) is 9.68 Å². The molecule has 0 atom stereocenters. The fraction of sp³-hybridized carbons (Fsp3) is 0.833. The van der Waals surface area contributed by atoms with E-state index < -0.39 is 0 Å². The summed E-state index contributed by atoms with van der Waals surface area (Å²) < 4.78 is 0. The summed E-state index contributed by atoms with van der Waals surface area (Å²) in [5.74, 6) is 1.44. The molecule has 0 unspecified atom stereocenters. The van der Waals surface area contributed by atoms with E-state index in [1.807, 2.05) is 0 Å². The van der Waals surface area contributed by atoms with Crippen LogP contribution in [0.25, 0.3) is 10.0 Å². The lowest BCUT2D eigenvalue weighted by molar-refractivity contribution is 0.160. The van der Waals surface area contributed by atoms with Crippen LogP contribution in [0, 0.1) is 25.0 Å². The molecule has 0 amide bonds. The summed E-state index contributed by atoms with van der Waals surface area (Å²) in [6.45, 7) is 14.2.